The van der Waals surface area contributed by atoms with E-state index in [1.165, 1.54) is 0 Å². The quantitative estimate of drug-likeness (QED) is 0.454. The Morgan fingerprint density at radius 2 is 2.00 bits per heavy atom. The lowest BCUT2D eigenvalue weighted by Gasteiger charge is -2.38. The van der Waals surface area contributed by atoms with Crippen molar-refractivity contribution in [2.75, 3.05) is 6.61 Å². The minimum absolute atomic E-state index is 0.0535. The lowest BCUT2D eigenvalue weighted by Crippen LogP contribution is -2.36. The molecule has 0 spiro atoms. The molecule has 1 N–H and O–H groups in total. The van der Waals surface area contributed by atoms with Gasteiger partial charge in [0.1, 0.15) is 0 Å². The third kappa shape index (κ3) is 2.70. The zero-order valence-corrected chi connectivity index (χ0v) is 10.0. The number of hydrogen-bond donors (Lipinski definition) is 1. The third-order valence-corrected chi connectivity index (χ3v) is 3.31. The first-order chi connectivity index (χ1) is 7.47. The van der Waals surface area contributed by atoms with Crippen LogP contribution in [0, 0.1) is 27.9 Å². The maximum Gasteiger partial charge on any atom is 0.249 e. The van der Waals surface area contributed by atoms with Crippen LogP contribution in [-0.4, -0.2) is 16.6 Å². The first-order valence-corrected chi connectivity index (χ1v) is 5.60. The summed E-state index contributed by atoms with van der Waals surface area (Å²) in [6.45, 7) is 5.79. The fraction of sp³-hybridized carbons (Fsp3) is 0.667. The number of hydrogen-bond acceptors (Lipinski definition) is 3. The molecule has 90 valence electrons. The fourth-order valence-electron chi connectivity index (χ4n) is 2.40. The van der Waals surface area contributed by atoms with Crippen LogP contribution in [0.2, 0.25) is 0 Å². The van der Waals surface area contributed by atoms with Crippen molar-refractivity contribution < 1.29 is 10.0 Å². The molecule has 1 saturated carbocycles. The van der Waals surface area contributed by atoms with E-state index in [4.69, 9.17) is 5.11 Å². The standard InChI is InChI=1S/C12H19NO3/c1-8(7-14)4-5-11(13(15)16)12-9(2)6-10(12)3/h4-5,9-10,12,14H,6-7H2,1-3H3/b8-4+,11-5+. The summed E-state index contributed by atoms with van der Waals surface area (Å²) >= 11 is 0. The van der Waals surface area contributed by atoms with Crippen molar-refractivity contribution in [2.24, 2.45) is 17.8 Å². The predicted molar refractivity (Wildman–Crippen MR) is 62.4 cm³/mol. The van der Waals surface area contributed by atoms with Gasteiger partial charge in [0.2, 0.25) is 5.70 Å². The van der Waals surface area contributed by atoms with Gasteiger partial charge in [0.25, 0.3) is 0 Å². The molecule has 1 aliphatic carbocycles. The average Bonchev–Trinajstić information content (AvgIpc) is 2.22. The zero-order chi connectivity index (χ0) is 12.3. The van der Waals surface area contributed by atoms with Crippen LogP contribution in [0.25, 0.3) is 0 Å². The van der Waals surface area contributed by atoms with Gasteiger partial charge in [0.05, 0.1) is 17.4 Å². The normalized spacial score (nSPS) is 31.1. The number of aliphatic hydroxyl groups excluding tert-OH is 1. The van der Waals surface area contributed by atoms with Crippen molar-refractivity contribution in [3.63, 3.8) is 0 Å². The summed E-state index contributed by atoms with van der Waals surface area (Å²) in [5.41, 5.74) is 1.01. The fourth-order valence-corrected chi connectivity index (χ4v) is 2.40. The van der Waals surface area contributed by atoms with Gasteiger partial charge in [-0.05, 0) is 30.8 Å². The Labute approximate surface area is 95.8 Å². The molecule has 1 aliphatic rings. The number of allylic oxidation sites excluding steroid dienone is 3. The van der Waals surface area contributed by atoms with Gasteiger partial charge in [0.15, 0.2) is 0 Å². The van der Waals surface area contributed by atoms with Gasteiger partial charge >= 0.3 is 0 Å². The third-order valence-electron chi connectivity index (χ3n) is 3.31. The maximum atomic E-state index is 11.0. The molecule has 16 heavy (non-hydrogen) atoms. The van der Waals surface area contributed by atoms with Crippen molar-refractivity contribution >= 4 is 0 Å². The number of rotatable bonds is 4. The van der Waals surface area contributed by atoms with Gasteiger partial charge < -0.3 is 5.11 Å². The van der Waals surface area contributed by atoms with Gasteiger partial charge in [-0.3, -0.25) is 10.1 Å². The van der Waals surface area contributed by atoms with Gasteiger partial charge in [-0.2, -0.15) is 0 Å². The van der Waals surface area contributed by atoms with E-state index in [1.54, 1.807) is 19.1 Å². The Morgan fingerprint density at radius 1 is 1.44 bits per heavy atom. The first kappa shape index (κ1) is 12.9. The Balaban J connectivity index is 2.87. The molecule has 0 amide bonds. The molecular formula is C12H19NO3. The van der Waals surface area contributed by atoms with Crippen molar-refractivity contribution in [2.45, 2.75) is 27.2 Å². The van der Waals surface area contributed by atoms with Crippen LogP contribution in [0.5, 0.6) is 0 Å². The molecular weight excluding hydrogens is 206 g/mol. The highest BCUT2D eigenvalue weighted by atomic mass is 16.6. The summed E-state index contributed by atoms with van der Waals surface area (Å²) in [7, 11) is 0. The smallest absolute Gasteiger partial charge is 0.249 e. The summed E-state index contributed by atoms with van der Waals surface area (Å²) in [6, 6.07) is 0. The number of aliphatic hydroxyl groups is 1. The molecule has 1 fully saturated rings. The summed E-state index contributed by atoms with van der Waals surface area (Å²) in [6.07, 6.45) is 4.23. The zero-order valence-electron chi connectivity index (χ0n) is 10.0. The molecule has 2 atom stereocenters. The summed E-state index contributed by atoms with van der Waals surface area (Å²) in [5.74, 6) is 0.821. The lowest BCUT2D eigenvalue weighted by molar-refractivity contribution is -0.440. The molecule has 4 nitrogen and oxygen atoms in total. The second-order valence-corrected chi connectivity index (χ2v) is 4.74. The molecule has 0 aromatic heterocycles. The summed E-state index contributed by atoms with van der Waals surface area (Å²) in [5, 5.41) is 19.8. The molecule has 4 heteroatoms. The molecule has 0 saturated heterocycles. The highest BCUT2D eigenvalue weighted by Gasteiger charge is 2.42. The van der Waals surface area contributed by atoms with E-state index in [0.717, 1.165) is 12.0 Å². The van der Waals surface area contributed by atoms with Crippen LogP contribution >= 0.6 is 0 Å². The number of nitro groups is 1. The van der Waals surface area contributed by atoms with E-state index >= 15 is 0 Å². The van der Waals surface area contributed by atoms with Gasteiger partial charge in [-0.15, -0.1) is 0 Å². The molecule has 0 radical (unpaired) electrons. The van der Waals surface area contributed by atoms with Crippen LogP contribution in [0.3, 0.4) is 0 Å². The Kier molecular flexibility index (Phi) is 4.24. The van der Waals surface area contributed by atoms with Crippen LogP contribution in [-0.2, 0) is 0 Å². The van der Waals surface area contributed by atoms with E-state index in [0.29, 0.717) is 11.8 Å². The van der Waals surface area contributed by atoms with Crippen LogP contribution in [0.15, 0.2) is 23.4 Å². The predicted octanol–water partition coefficient (Wildman–Crippen LogP) is 2.38. The van der Waals surface area contributed by atoms with Gasteiger partial charge in [-0.1, -0.05) is 19.9 Å². The van der Waals surface area contributed by atoms with Crippen molar-refractivity contribution in [3.8, 4) is 0 Å². The second kappa shape index (κ2) is 5.25. The lowest BCUT2D eigenvalue weighted by atomic mass is 9.65. The highest BCUT2D eigenvalue weighted by Crippen LogP contribution is 2.44. The van der Waals surface area contributed by atoms with Crippen molar-refractivity contribution in [1.29, 1.82) is 0 Å². The minimum Gasteiger partial charge on any atom is -0.392 e. The van der Waals surface area contributed by atoms with E-state index in [-0.39, 0.29) is 23.1 Å². The molecule has 0 aromatic rings. The molecule has 0 aliphatic heterocycles. The Hall–Kier alpha value is -1.16. The van der Waals surface area contributed by atoms with E-state index < -0.39 is 0 Å². The van der Waals surface area contributed by atoms with Crippen LogP contribution < -0.4 is 0 Å². The maximum absolute atomic E-state index is 11.0. The molecule has 0 aromatic carbocycles. The average molecular weight is 225 g/mol. The van der Waals surface area contributed by atoms with Crippen LogP contribution in [0.1, 0.15) is 27.2 Å². The molecule has 2 unspecified atom stereocenters. The molecule has 1 rings (SSSR count). The Morgan fingerprint density at radius 3 is 2.38 bits per heavy atom. The monoisotopic (exact) mass is 225 g/mol. The summed E-state index contributed by atoms with van der Waals surface area (Å²) < 4.78 is 0. The minimum atomic E-state index is -0.294. The van der Waals surface area contributed by atoms with E-state index in [9.17, 15) is 10.1 Å². The van der Waals surface area contributed by atoms with E-state index in [2.05, 4.69) is 0 Å². The van der Waals surface area contributed by atoms with Gasteiger partial charge in [0, 0.05) is 6.08 Å². The van der Waals surface area contributed by atoms with Crippen molar-refractivity contribution in [1.82, 2.24) is 0 Å². The molecule has 0 bridgehead atoms. The highest BCUT2D eigenvalue weighted by molar-refractivity contribution is 5.17. The summed E-state index contributed by atoms with van der Waals surface area (Å²) in [4.78, 5) is 10.7. The molecule has 0 heterocycles. The van der Waals surface area contributed by atoms with E-state index in [1.807, 2.05) is 13.8 Å². The number of nitrogens with zero attached hydrogens (tertiary/aromatic N) is 1. The SMILES string of the molecule is C/C(=C\C=C(/C1C(C)CC1C)[N+](=O)[O-])CO. The largest absolute Gasteiger partial charge is 0.392 e. The second-order valence-electron chi connectivity index (χ2n) is 4.74. The van der Waals surface area contributed by atoms with Crippen molar-refractivity contribution in [3.05, 3.63) is 33.5 Å². The first-order valence-electron chi connectivity index (χ1n) is 5.60. The topological polar surface area (TPSA) is 63.4 Å². The van der Waals surface area contributed by atoms with Crippen LogP contribution in [0.4, 0.5) is 0 Å². The Bertz CT molecular complexity index is 325. The van der Waals surface area contributed by atoms with Gasteiger partial charge in [-0.25, -0.2) is 0 Å².